The summed E-state index contributed by atoms with van der Waals surface area (Å²) >= 11 is 0. The van der Waals surface area contributed by atoms with Gasteiger partial charge in [0.15, 0.2) is 12.7 Å². The van der Waals surface area contributed by atoms with Gasteiger partial charge in [-0.3, -0.25) is 4.79 Å². The van der Waals surface area contributed by atoms with Crippen LogP contribution in [0.2, 0.25) is 0 Å². The van der Waals surface area contributed by atoms with Crippen molar-refractivity contribution in [2.75, 3.05) is 6.61 Å². The Morgan fingerprint density at radius 3 is 1.88 bits per heavy atom. The summed E-state index contributed by atoms with van der Waals surface area (Å²) in [5.41, 5.74) is -0.418. The van der Waals surface area contributed by atoms with Crippen LogP contribution in [-0.2, 0) is 19.1 Å². The minimum Gasteiger partial charge on any atom is -0.456 e. The fourth-order valence-electron chi connectivity index (χ4n) is 1.95. The molecule has 9 heteroatoms. The molecule has 0 fully saturated rings. The van der Waals surface area contributed by atoms with Crippen molar-refractivity contribution in [3.05, 3.63) is 0 Å². The Bertz CT molecular complexity index is 446. The number of hydrogen-bond donors (Lipinski definition) is 0. The zero-order chi connectivity index (χ0) is 19.3. The molecule has 0 aliphatic heterocycles. The molecule has 0 amide bonds. The van der Waals surface area contributed by atoms with E-state index in [2.05, 4.69) is 4.74 Å². The highest BCUT2D eigenvalue weighted by Crippen LogP contribution is 2.36. The molecule has 0 aromatic heterocycles. The van der Waals surface area contributed by atoms with Crippen LogP contribution in [-0.4, -0.2) is 36.7 Å². The maximum atomic E-state index is 12.7. The molecule has 0 radical (unpaired) electrons. The lowest BCUT2D eigenvalue weighted by Crippen LogP contribution is -2.43. The zero-order valence-corrected chi connectivity index (χ0v) is 14.3. The standard InChI is InChI=1S/C15H23F5O4/c1-6-10(13(4,5)7-2)12(22)24-9(3)11(21)23-8-14(16,17)15(18,19)20/h9-10H,6-8H2,1-5H3. The molecule has 0 saturated heterocycles. The van der Waals surface area contributed by atoms with Crippen LogP contribution >= 0.6 is 0 Å². The summed E-state index contributed by atoms with van der Waals surface area (Å²) in [5, 5.41) is 0. The van der Waals surface area contributed by atoms with Crippen molar-refractivity contribution in [3.63, 3.8) is 0 Å². The molecule has 0 N–H and O–H groups in total. The normalized spacial score (nSPS) is 15.6. The third-order valence-electron chi connectivity index (χ3n) is 3.98. The predicted molar refractivity (Wildman–Crippen MR) is 75.4 cm³/mol. The van der Waals surface area contributed by atoms with Crippen LogP contribution in [0, 0.1) is 11.3 Å². The van der Waals surface area contributed by atoms with Gasteiger partial charge in [-0.2, -0.15) is 22.0 Å². The number of carbonyl (C=O) groups excluding carboxylic acids is 2. The first-order chi connectivity index (χ1) is 10.7. The first kappa shape index (κ1) is 22.6. The Morgan fingerprint density at radius 1 is 1.00 bits per heavy atom. The van der Waals surface area contributed by atoms with Crippen LogP contribution in [0.1, 0.15) is 47.5 Å². The maximum Gasteiger partial charge on any atom is 0.456 e. The quantitative estimate of drug-likeness (QED) is 0.481. The second kappa shape index (κ2) is 8.11. The van der Waals surface area contributed by atoms with Gasteiger partial charge in [0, 0.05) is 0 Å². The molecule has 24 heavy (non-hydrogen) atoms. The summed E-state index contributed by atoms with van der Waals surface area (Å²) in [6, 6.07) is 0. The monoisotopic (exact) mass is 362 g/mol. The Labute approximate surface area is 137 Å². The Hall–Kier alpha value is -1.41. The van der Waals surface area contributed by atoms with Gasteiger partial charge in [0.05, 0.1) is 5.92 Å². The van der Waals surface area contributed by atoms with Crippen LogP contribution in [0.15, 0.2) is 0 Å². The Balaban J connectivity index is 4.74. The summed E-state index contributed by atoms with van der Waals surface area (Å²) in [4.78, 5) is 23.6. The SMILES string of the molecule is CCC(C(=O)OC(C)C(=O)OCC(F)(F)C(F)(F)F)C(C)(C)CC. The van der Waals surface area contributed by atoms with E-state index in [1.165, 1.54) is 0 Å². The molecule has 4 nitrogen and oxygen atoms in total. The number of rotatable bonds is 8. The van der Waals surface area contributed by atoms with E-state index in [1.54, 1.807) is 6.92 Å². The summed E-state index contributed by atoms with van der Waals surface area (Å²) in [6.45, 7) is 6.17. The first-order valence-corrected chi connectivity index (χ1v) is 7.51. The minimum atomic E-state index is -5.83. The number of alkyl halides is 5. The highest BCUT2D eigenvalue weighted by Gasteiger charge is 2.58. The second-order valence-electron chi connectivity index (χ2n) is 6.19. The molecule has 142 valence electrons. The molecule has 2 atom stereocenters. The van der Waals surface area contributed by atoms with Crippen LogP contribution in [0.3, 0.4) is 0 Å². The summed E-state index contributed by atoms with van der Waals surface area (Å²) in [7, 11) is 0. The van der Waals surface area contributed by atoms with Crippen molar-refractivity contribution >= 4 is 11.9 Å². The Kier molecular flexibility index (Phi) is 7.64. The number of halogens is 5. The van der Waals surface area contributed by atoms with Gasteiger partial charge in [0.2, 0.25) is 0 Å². The first-order valence-electron chi connectivity index (χ1n) is 7.51. The van der Waals surface area contributed by atoms with E-state index in [9.17, 15) is 31.5 Å². The fourth-order valence-corrected chi connectivity index (χ4v) is 1.95. The van der Waals surface area contributed by atoms with E-state index < -0.39 is 48.1 Å². The van der Waals surface area contributed by atoms with Crippen molar-refractivity contribution in [2.45, 2.75) is 65.7 Å². The molecule has 0 aliphatic carbocycles. The topological polar surface area (TPSA) is 52.6 Å². The van der Waals surface area contributed by atoms with E-state index in [0.29, 0.717) is 12.8 Å². The lowest BCUT2D eigenvalue weighted by atomic mass is 9.75. The minimum absolute atomic E-state index is 0.418. The highest BCUT2D eigenvalue weighted by molar-refractivity contribution is 5.80. The van der Waals surface area contributed by atoms with Gasteiger partial charge in [-0.1, -0.05) is 34.1 Å². The smallest absolute Gasteiger partial charge is 0.456 e. The van der Waals surface area contributed by atoms with Crippen LogP contribution < -0.4 is 0 Å². The van der Waals surface area contributed by atoms with Crippen LogP contribution in [0.25, 0.3) is 0 Å². The average Bonchev–Trinajstić information content (AvgIpc) is 2.43. The van der Waals surface area contributed by atoms with Crippen molar-refractivity contribution in [3.8, 4) is 0 Å². The molecule has 0 saturated carbocycles. The van der Waals surface area contributed by atoms with Gasteiger partial charge in [0.25, 0.3) is 0 Å². The van der Waals surface area contributed by atoms with E-state index >= 15 is 0 Å². The molecule has 2 unspecified atom stereocenters. The third-order valence-corrected chi connectivity index (χ3v) is 3.98. The molecule has 0 aliphatic rings. The van der Waals surface area contributed by atoms with Gasteiger partial charge in [-0.25, -0.2) is 4.79 Å². The number of ether oxygens (including phenoxy) is 2. The largest absolute Gasteiger partial charge is 0.456 e. The zero-order valence-electron chi connectivity index (χ0n) is 14.3. The van der Waals surface area contributed by atoms with E-state index in [4.69, 9.17) is 4.74 Å². The van der Waals surface area contributed by atoms with Gasteiger partial charge in [-0.15, -0.1) is 0 Å². The number of esters is 2. The fraction of sp³-hybridized carbons (Fsp3) is 0.867. The van der Waals surface area contributed by atoms with Crippen molar-refractivity contribution in [1.82, 2.24) is 0 Å². The maximum absolute atomic E-state index is 12.7. The van der Waals surface area contributed by atoms with E-state index in [-0.39, 0.29) is 0 Å². The molecule has 0 aromatic carbocycles. The van der Waals surface area contributed by atoms with Crippen molar-refractivity contribution < 1.29 is 41.0 Å². The van der Waals surface area contributed by atoms with Crippen LogP contribution in [0.4, 0.5) is 22.0 Å². The molecular weight excluding hydrogens is 339 g/mol. The average molecular weight is 362 g/mol. The van der Waals surface area contributed by atoms with Gasteiger partial charge >= 0.3 is 24.0 Å². The van der Waals surface area contributed by atoms with Crippen molar-refractivity contribution in [2.24, 2.45) is 11.3 Å². The lowest BCUT2D eigenvalue weighted by Gasteiger charge is -2.31. The molecule has 0 rings (SSSR count). The van der Waals surface area contributed by atoms with Gasteiger partial charge in [-0.05, 0) is 18.8 Å². The van der Waals surface area contributed by atoms with Gasteiger partial charge in [0.1, 0.15) is 0 Å². The molecule has 0 aromatic rings. The summed E-state index contributed by atoms with van der Waals surface area (Å²) in [6.07, 6.45) is -6.33. The lowest BCUT2D eigenvalue weighted by molar-refractivity contribution is -0.294. The molecule has 0 spiro atoms. The van der Waals surface area contributed by atoms with E-state index in [1.807, 2.05) is 20.8 Å². The number of carbonyl (C=O) groups is 2. The van der Waals surface area contributed by atoms with Crippen LogP contribution in [0.5, 0.6) is 0 Å². The molecule has 0 bridgehead atoms. The predicted octanol–water partition coefficient (Wildman–Crippen LogP) is 4.12. The van der Waals surface area contributed by atoms with Gasteiger partial charge < -0.3 is 9.47 Å². The third kappa shape index (κ3) is 5.90. The molecule has 0 heterocycles. The van der Waals surface area contributed by atoms with Crippen molar-refractivity contribution in [1.29, 1.82) is 0 Å². The summed E-state index contributed by atoms with van der Waals surface area (Å²) < 4.78 is 70.2. The van der Waals surface area contributed by atoms with E-state index in [0.717, 1.165) is 6.92 Å². The molecular formula is C15H23F5O4. The highest BCUT2D eigenvalue weighted by atomic mass is 19.4. The number of hydrogen-bond acceptors (Lipinski definition) is 4. The second-order valence-corrected chi connectivity index (χ2v) is 6.19. The summed E-state index contributed by atoms with van der Waals surface area (Å²) in [5.74, 6) is -7.90. The Morgan fingerprint density at radius 2 is 1.50 bits per heavy atom.